The zero-order chi connectivity index (χ0) is 16.4. The van der Waals surface area contributed by atoms with Crippen molar-refractivity contribution >= 4 is 11.6 Å². The SMILES string of the molecule is O=C(Nc1ccc2c(c1)CCCO2)C1(n2cccn2)CCNCC1. The first-order valence-electron chi connectivity index (χ1n) is 8.56. The number of hydrogen-bond acceptors (Lipinski definition) is 4. The normalized spacial score (nSPS) is 19.2. The van der Waals surface area contributed by atoms with Crippen LogP contribution in [0.4, 0.5) is 5.69 Å². The summed E-state index contributed by atoms with van der Waals surface area (Å²) in [5.41, 5.74) is 1.37. The molecule has 1 saturated heterocycles. The van der Waals surface area contributed by atoms with Gasteiger partial charge in [-0.2, -0.15) is 5.10 Å². The maximum atomic E-state index is 13.1. The zero-order valence-corrected chi connectivity index (χ0v) is 13.6. The second kappa shape index (κ2) is 6.28. The van der Waals surface area contributed by atoms with Crippen LogP contribution in [0, 0.1) is 0 Å². The molecular formula is C18H22N4O2. The first kappa shape index (κ1) is 15.2. The van der Waals surface area contributed by atoms with Crippen molar-refractivity contribution in [1.29, 1.82) is 0 Å². The van der Waals surface area contributed by atoms with Gasteiger partial charge in [-0.15, -0.1) is 0 Å². The Morgan fingerprint density at radius 2 is 2.21 bits per heavy atom. The van der Waals surface area contributed by atoms with Crippen LogP contribution in [0.3, 0.4) is 0 Å². The molecule has 2 aliphatic rings. The Morgan fingerprint density at radius 1 is 1.33 bits per heavy atom. The third-order valence-corrected chi connectivity index (χ3v) is 4.96. The van der Waals surface area contributed by atoms with E-state index in [0.29, 0.717) is 0 Å². The standard InChI is InChI=1S/C18H22N4O2/c23-17(18(6-9-19-10-7-18)22-11-2-8-20-22)21-15-4-5-16-14(13-15)3-1-12-24-16/h2,4-5,8,11,13,19H,1,3,6-7,9-10,12H2,(H,21,23). The summed E-state index contributed by atoms with van der Waals surface area (Å²) < 4.78 is 7.45. The Morgan fingerprint density at radius 3 is 3.00 bits per heavy atom. The van der Waals surface area contributed by atoms with Gasteiger partial charge in [-0.3, -0.25) is 9.48 Å². The smallest absolute Gasteiger partial charge is 0.252 e. The molecule has 0 spiro atoms. The molecule has 1 aromatic heterocycles. The van der Waals surface area contributed by atoms with Crippen LogP contribution in [0.2, 0.25) is 0 Å². The molecule has 2 aliphatic heterocycles. The third kappa shape index (κ3) is 2.67. The van der Waals surface area contributed by atoms with Crippen molar-refractivity contribution in [1.82, 2.24) is 15.1 Å². The highest BCUT2D eigenvalue weighted by Gasteiger charge is 2.42. The van der Waals surface area contributed by atoms with Crippen molar-refractivity contribution in [3.8, 4) is 5.75 Å². The van der Waals surface area contributed by atoms with Gasteiger partial charge in [0.15, 0.2) is 0 Å². The first-order chi connectivity index (χ1) is 11.8. The molecule has 126 valence electrons. The lowest BCUT2D eigenvalue weighted by atomic mass is 9.87. The van der Waals surface area contributed by atoms with Crippen LogP contribution in [0.1, 0.15) is 24.8 Å². The highest BCUT2D eigenvalue weighted by Crippen LogP contribution is 2.31. The lowest BCUT2D eigenvalue weighted by Crippen LogP contribution is -2.52. The molecule has 2 aromatic rings. The number of rotatable bonds is 3. The monoisotopic (exact) mass is 326 g/mol. The zero-order valence-electron chi connectivity index (χ0n) is 13.6. The van der Waals surface area contributed by atoms with Crippen molar-refractivity contribution < 1.29 is 9.53 Å². The molecule has 2 N–H and O–H groups in total. The predicted octanol–water partition coefficient (Wildman–Crippen LogP) is 1.93. The van der Waals surface area contributed by atoms with E-state index in [1.165, 1.54) is 0 Å². The lowest BCUT2D eigenvalue weighted by Gasteiger charge is -2.36. The Bertz CT molecular complexity index is 721. The Balaban J connectivity index is 1.59. The third-order valence-electron chi connectivity index (χ3n) is 4.96. The highest BCUT2D eigenvalue weighted by molar-refractivity contribution is 5.97. The first-order valence-corrected chi connectivity index (χ1v) is 8.56. The average molecular weight is 326 g/mol. The minimum atomic E-state index is -0.624. The molecule has 3 heterocycles. The van der Waals surface area contributed by atoms with E-state index in [4.69, 9.17) is 4.74 Å². The van der Waals surface area contributed by atoms with E-state index >= 15 is 0 Å². The molecule has 24 heavy (non-hydrogen) atoms. The van der Waals surface area contributed by atoms with Crippen LogP contribution in [-0.4, -0.2) is 35.4 Å². The molecule has 0 saturated carbocycles. The van der Waals surface area contributed by atoms with E-state index in [1.807, 2.05) is 35.1 Å². The molecule has 0 radical (unpaired) electrons. The van der Waals surface area contributed by atoms with Gasteiger partial charge in [0.05, 0.1) is 6.61 Å². The number of ether oxygens (including phenoxy) is 1. The number of fused-ring (bicyclic) bond motifs is 1. The van der Waals surface area contributed by atoms with Crippen LogP contribution in [-0.2, 0) is 16.8 Å². The fraction of sp³-hybridized carbons (Fsp3) is 0.444. The maximum absolute atomic E-state index is 13.1. The number of anilines is 1. The highest BCUT2D eigenvalue weighted by atomic mass is 16.5. The van der Waals surface area contributed by atoms with Gasteiger partial charge in [0.2, 0.25) is 0 Å². The summed E-state index contributed by atoms with van der Waals surface area (Å²) in [5, 5.41) is 10.8. The molecule has 0 atom stereocenters. The molecule has 6 heteroatoms. The Labute approximate surface area is 141 Å². The van der Waals surface area contributed by atoms with Gasteiger partial charge < -0.3 is 15.4 Å². The predicted molar refractivity (Wildman–Crippen MR) is 91.2 cm³/mol. The summed E-state index contributed by atoms with van der Waals surface area (Å²) >= 11 is 0. The average Bonchev–Trinajstić information content (AvgIpc) is 3.17. The molecule has 0 unspecified atom stereocenters. The van der Waals surface area contributed by atoms with Crippen LogP contribution in [0.25, 0.3) is 0 Å². The number of amides is 1. The number of benzene rings is 1. The fourth-order valence-electron chi connectivity index (χ4n) is 3.61. The quantitative estimate of drug-likeness (QED) is 0.904. The van der Waals surface area contributed by atoms with E-state index in [2.05, 4.69) is 15.7 Å². The molecule has 4 rings (SSSR count). The summed E-state index contributed by atoms with van der Waals surface area (Å²) in [7, 11) is 0. The van der Waals surface area contributed by atoms with Gasteiger partial charge in [0, 0.05) is 18.1 Å². The van der Waals surface area contributed by atoms with E-state index in [0.717, 1.165) is 62.4 Å². The van der Waals surface area contributed by atoms with Gasteiger partial charge in [-0.1, -0.05) is 0 Å². The van der Waals surface area contributed by atoms with Crippen molar-refractivity contribution in [2.24, 2.45) is 0 Å². The van der Waals surface area contributed by atoms with Crippen molar-refractivity contribution in [3.05, 3.63) is 42.2 Å². The van der Waals surface area contributed by atoms with Crippen LogP contribution in [0.5, 0.6) is 5.75 Å². The minimum absolute atomic E-state index is 0.00405. The van der Waals surface area contributed by atoms with Crippen molar-refractivity contribution in [2.75, 3.05) is 25.0 Å². The summed E-state index contributed by atoms with van der Waals surface area (Å²) in [6.45, 7) is 2.39. The summed E-state index contributed by atoms with van der Waals surface area (Å²) in [4.78, 5) is 13.1. The second-order valence-electron chi connectivity index (χ2n) is 6.46. The molecule has 1 fully saturated rings. The summed E-state index contributed by atoms with van der Waals surface area (Å²) in [6, 6.07) is 7.77. The van der Waals surface area contributed by atoms with E-state index in [9.17, 15) is 4.79 Å². The van der Waals surface area contributed by atoms with Gasteiger partial charge >= 0.3 is 0 Å². The fourth-order valence-corrected chi connectivity index (χ4v) is 3.61. The molecule has 0 aliphatic carbocycles. The molecule has 0 bridgehead atoms. The van der Waals surface area contributed by atoms with Crippen molar-refractivity contribution in [3.63, 3.8) is 0 Å². The maximum Gasteiger partial charge on any atom is 0.252 e. The van der Waals surface area contributed by atoms with Gasteiger partial charge in [0.25, 0.3) is 5.91 Å². The number of piperidine rings is 1. The van der Waals surface area contributed by atoms with Crippen LogP contribution in [0.15, 0.2) is 36.7 Å². The van der Waals surface area contributed by atoms with E-state index in [-0.39, 0.29) is 5.91 Å². The van der Waals surface area contributed by atoms with Crippen LogP contribution >= 0.6 is 0 Å². The molecule has 1 amide bonds. The summed E-state index contributed by atoms with van der Waals surface area (Å²) in [5.74, 6) is 0.937. The van der Waals surface area contributed by atoms with Crippen molar-refractivity contribution in [2.45, 2.75) is 31.2 Å². The molecule has 6 nitrogen and oxygen atoms in total. The second-order valence-corrected chi connectivity index (χ2v) is 6.46. The topological polar surface area (TPSA) is 68.2 Å². The number of hydrogen-bond donors (Lipinski definition) is 2. The van der Waals surface area contributed by atoms with Crippen LogP contribution < -0.4 is 15.4 Å². The molecular weight excluding hydrogens is 304 g/mol. The Hall–Kier alpha value is -2.34. The number of nitrogens with one attached hydrogen (secondary N) is 2. The van der Waals surface area contributed by atoms with E-state index < -0.39 is 5.54 Å². The number of nitrogens with zero attached hydrogens (tertiary/aromatic N) is 2. The minimum Gasteiger partial charge on any atom is -0.493 e. The largest absolute Gasteiger partial charge is 0.493 e. The lowest BCUT2D eigenvalue weighted by molar-refractivity contribution is -0.126. The van der Waals surface area contributed by atoms with Gasteiger partial charge in [0.1, 0.15) is 11.3 Å². The number of carbonyl (C=O) groups is 1. The number of aryl methyl sites for hydroxylation is 1. The Kier molecular flexibility index (Phi) is 3.98. The number of carbonyl (C=O) groups excluding carboxylic acids is 1. The van der Waals surface area contributed by atoms with Gasteiger partial charge in [-0.05, 0) is 68.6 Å². The summed E-state index contributed by atoms with van der Waals surface area (Å²) in [6.07, 6.45) is 7.09. The van der Waals surface area contributed by atoms with Gasteiger partial charge in [-0.25, -0.2) is 0 Å². The molecule has 1 aromatic carbocycles. The number of aromatic nitrogens is 2. The van der Waals surface area contributed by atoms with E-state index in [1.54, 1.807) is 6.20 Å².